The van der Waals surface area contributed by atoms with E-state index in [-0.39, 0.29) is 11.7 Å². The number of benzene rings is 1. The molecule has 0 radical (unpaired) electrons. The van der Waals surface area contributed by atoms with Gasteiger partial charge in [-0.1, -0.05) is 16.8 Å². The van der Waals surface area contributed by atoms with E-state index in [9.17, 15) is 9.59 Å². The van der Waals surface area contributed by atoms with Crippen molar-refractivity contribution in [2.45, 2.75) is 26.7 Å². The van der Waals surface area contributed by atoms with Gasteiger partial charge in [0.1, 0.15) is 5.76 Å². The lowest BCUT2D eigenvalue weighted by atomic mass is 9.98. The summed E-state index contributed by atoms with van der Waals surface area (Å²) in [6.45, 7) is 5.31. The number of anilines is 2. The van der Waals surface area contributed by atoms with E-state index in [4.69, 9.17) is 20.5 Å². The number of nitrogens with one attached hydrogen (secondary N) is 2. The van der Waals surface area contributed by atoms with E-state index in [1.165, 1.54) is 12.3 Å². The number of aryl methyl sites for hydroxylation is 2. The molecule has 2 heterocycles. The zero-order chi connectivity index (χ0) is 19.6. The first-order valence-electron chi connectivity index (χ1n) is 8.25. The summed E-state index contributed by atoms with van der Waals surface area (Å²) in [4.78, 5) is 25.0. The van der Waals surface area contributed by atoms with Gasteiger partial charge in [-0.15, -0.1) is 0 Å². The maximum absolute atomic E-state index is 12.7. The van der Waals surface area contributed by atoms with Crippen molar-refractivity contribution in [2.24, 2.45) is 0 Å². The molecule has 7 nitrogen and oxygen atoms in total. The molecule has 0 saturated carbocycles. The molecule has 0 aliphatic heterocycles. The third kappa shape index (κ3) is 4.03. The van der Waals surface area contributed by atoms with Crippen LogP contribution in [0.15, 0.2) is 45.5 Å². The Morgan fingerprint density at radius 1 is 1.15 bits per heavy atom. The van der Waals surface area contributed by atoms with E-state index in [0.29, 0.717) is 27.9 Å². The minimum Gasteiger partial charge on any atom is -0.459 e. The van der Waals surface area contributed by atoms with Gasteiger partial charge >= 0.3 is 0 Å². The van der Waals surface area contributed by atoms with Gasteiger partial charge in [0.05, 0.1) is 29.2 Å². The van der Waals surface area contributed by atoms with Gasteiger partial charge in [0.25, 0.3) is 5.91 Å². The molecule has 2 N–H and O–H groups in total. The molecule has 2 amide bonds. The van der Waals surface area contributed by atoms with Gasteiger partial charge in [-0.05, 0) is 51.1 Å². The molecule has 3 aromatic rings. The topological polar surface area (TPSA) is 97.4 Å². The highest BCUT2D eigenvalue weighted by Gasteiger charge is 2.24. The fourth-order valence-corrected chi connectivity index (χ4v) is 2.97. The first-order chi connectivity index (χ1) is 12.9. The van der Waals surface area contributed by atoms with Crippen LogP contribution < -0.4 is 10.6 Å². The van der Waals surface area contributed by atoms with Crippen LogP contribution in [0.4, 0.5) is 11.4 Å². The molecular weight excluding hydrogens is 370 g/mol. The van der Waals surface area contributed by atoms with E-state index >= 15 is 0 Å². The zero-order valence-electron chi connectivity index (χ0n) is 15.0. The zero-order valence-corrected chi connectivity index (χ0v) is 15.8. The molecular formula is C19H18ClN3O4. The van der Waals surface area contributed by atoms with E-state index in [1.54, 1.807) is 45.0 Å². The number of halogens is 1. The second-order valence-corrected chi connectivity index (χ2v) is 6.51. The smallest absolute Gasteiger partial charge is 0.291 e. The summed E-state index contributed by atoms with van der Waals surface area (Å²) in [7, 11) is 0. The van der Waals surface area contributed by atoms with Gasteiger partial charge in [0.2, 0.25) is 5.91 Å². The first kappa shape index (κ1) is 18.7. The SMILES string of the molecule is Cc1noc(C)c1C(C)C(=O)Nc1ccc(Cl)cc1NC(=O)c1ccco1. The third-order valence-electron chi connectivity index (χ3n) is 4.15. The van der Waals surface area contributed by atoms with Crippen molar-refractivity contribution in [3.05, 3.63) is 64.4 Å². The average Bonchev–Trinajstić information content (AvgIpc) is 3.27. The second kappa shape index (κ2) is 7.67. The van der Waals surface area contributed by atoms with Gasteiger partial charge in [-0.3, -0.25) is 9.59 Å². The van der Waals surface area contributed by atoms with Crippen LogP contribution in [-0.2, 0) is 4.79 Å². The lowest BCUT2D eigenvalue weighted by Crippen LogP contribution is -2.21. The Hall–Kier alpha value is -3.06. The van der Waals surface area contributed by atoms with Crippen LogP contribution in [0.2, 0.25) is 5.02 Å². The monoisotopic (exact) mass is 387 g/mol. The molecule has 1 atom stereocenters. The molecule has 0 bridgehead atoms. The van der Waals surface area contributed by atoms with Crippen LogP contribution >= 0.6 is 11.6 Å². The molecule has 0 spiro atoms. The number of nitrogens with zero attached hydrogens (tertiary/aromatic N) is 1. The Bertz CT molecular complexity index is 960. The Morgan fingerprint density at radius 2 is 1.93 bits per heavy atom. The second-order valence-electron chi connectivity index (χ2n) is 6.07. The van der Waals surface area contributed by atoms with Crippen LogP contribution in [0.3, 0.4) is 0 Å². The van der Waals surface area contributed by atoms with Crippen molar-refractivity contribution in [1.82, 2.24) is 5.16 Å². The molecule has 140 valence electrons. The number of rotatable bonds is 5. The van der Waals surface area contributed by atoms with Gasteiger partial charge in [-0.25, -0.2) is 0 Å². The highest BCUT2D eigenvalue weighted by Crippen LogP contribution is 2.29. The molecule has 27 heavy (non-hydrogen) atoms. The first-order valence-corrected chi connectivity index (χ1v) is 8.62. The predicted octanol–water partition coefficient (Wildman–Crippen LogP) is 4.53. The Labute approximate surface area is 160 Å². The lowest BCUT2D eigenvalue weighted by Gasteiger charge is -2.15. The van der Waals surface area contributed by atoms with Crippen molar-refractivity contribution in [3.63, 3.8) is 0 Å². The number of hydrogen-bond donors (Lipinski definition) is 2. The quantitative estimate of drug-likeness (QED) is 0.670. The van der Waals surface area contributed by atoms with Gasteiger partial charge in [0.15, 0.2) is 5.76 Å². The number of carbonyl (C=O) groups is 2. The summed E-state index contributed by atoms with van der Waals surface area (Å²) in [6.07, 6.45) is 1.40. The number of furan rings is 1. The number of hydrogen-bond acceptors (Lipinski definition) is 5. The molecule has 3 rings (SSSR count). The average molecular weight is 388 g/mol. The molecule has 0 fully saturated rings. The largest absolute Gasteiger partial charge is 0.459 e. The Morgan fingerprint density at radius 3 is 2.56 bits per heavy atom. The van der Waals surface area contributed by atoms with E-state index in [2.05, 4.69) is 15.8 Å². The highest BCUT2D eigenvalue weighted by atomic mass is 35.5. The fourth-order valence-electron chi connectivity index (χ4n) is 2.80. The highest BCUT2D eigenvalue weighted by molar-refractivity contribution is 6.31. The Kier molecular flexibility index (Phi) is 5.32. The van der Waals surface area contributed by atoms with Crippen LogP contribution in [0, 0.1) is 13.8 Å². The molecule has 1 aromatic carbocycles. The molecule has 0 aliphatic carbocycles. The minimum atomic E-state index is -0.486. The standard InChI is InChI=1S/C19H18ClN3O4/c1-10(17-11(2)23-27-12(17)3)18(24)21-14-7-6-13(20)9-15(14)22-19(25)16-5-4-8-26-16/h4-10H,1-3H3,(H,21,24)(H,22,25). The maximum atomic E-state index is 12.7. The van der Waals surface area contributed by atoms with Crippen LogP contribution in [0.1, 0.15) is 40.4 Å². The molecule has 2 aromatic heterocycles. The third-order valence-corrected chi connectivity index (χ3v) is 4.38. The van der Waals surface area contributed by atoms with Crippen molar-refractivity contribution < 1.29 is 18.5 Å². The van der Waals surface area contributed by atoms with Crippen LogP contribution in [0.25, 0.3) is 0 Å². The number of aromatic nitrogens is 1. The summed E-state index contributed by atoms with van der Waals surface area (Å²) in [5, 5.41) is 9.81. The normalized spacial score (nSPS) is 11.9. The number of amides is 2. The van der Waals surface area contributed by atoms with Gasteiger partial charge in [0, 0.05) is 10.6 Å². The van der Waals surface area contributed by atoms with Crippen molar-refractivity contribution in [2.75, 3.05) is 10.6 Å². The Balaban J connectivity index is 1.82. The van der Waals surface area contributed by atoms with Crippen LogP contribution in [0.5, 0.6) is 0 Å². The summed E-state index contributed by atoms with van der Waals surface area (Å²) in [5.41, 5.74) is 2.19. The van der Waals surface area contributed by atoms with Gasteiger partial charge < -0.3 is 19.6 Å². The lowest BCUT2D eigenvalue weighted by molar-refractivity contribution is -0.117. The molecule has 8 heteroatoms. The fraction of sp³-hybridized carbons (Fsp3) is 0.211. The molecule has 0 aliphatic rings. The van der Waals surface area contributed by atoms with Crippen LogP contribution in [-0.4, -0.2) is 17.0 Å². The summed E-state index contributed by atoms with van der Waals surface area (Å²) < 4.78 is 10.2. The van der Waals surface area contributed by atoms with E-state index < -0.39 is 11.8 Å². The summed E-state index contributed by atoms with van der Waals surface area (Å²) in [5.74, 6) is -0.453. The maximum Gasteiger partial charge on any atom is 0.291 e. The molecule has 0 saturated heterocycles. The minimum absolute atomic E-state index is 0.149. The number of carbonyl (C=O) groups excluding carboxylic acids is 2. The van der Waals surface area contributed by atoms with E-state index in [0.717, 1.165) is 5.56 Å². The van der Waals surface area contributed by atoms with Crippen molar-refractivity contribution in [1.29, 1.82) is 0 Å². The molecule has 1 unspecified atom stereocenters. The summed E-state index contributed by atoms with van der Waals surface area (Å²) in [6, 6.07) is 7.95. The van der Waals surface area contributed by atoms with Crippen molar-refractivity contribution >= 4 is 34.8 Å². The predicted molar refractivity (Wildman–Crippen MR) is 101 cm³/mol. The van der Waals surface area contributed by atoms with Gasteiger partial charge in [-0.2, -0.15) is 0 Å². The van der Waals surface area contributed by atoms with E-state index in [1.807, 2.05) is 0 Å². The summed E-state index contributed by atoms with van der Waals surface area (Å²) >= 11 is 6.04. The van der Waals surface area contributed by atoms with Crippen molar-refractivity contribution in [3.8, 4) is 0 Å².